The normalized spacial score (nSPS) is 14.0. The predicted molar refractivity (Wildman–Crippen MR) is 90.1 cm³/mol. The van der Waals surface area contributed by atoms with Gasteiger partial charge in [-0.3, -0.25) is 4.79 Å². The number of thiophene rings is 1. The number of rotatable bonds is 4. The van der Waals surface area contributed by atoms with Crippen LogP contribution in [0.2, 0.25) is 0 Å². The van der Waals surface area contributed by atoms with Gasteiger partial charge in [0.25, 0.3) is 5.91 Å². The highest BCUT2D eigenvalue weighted by molar-refractivity contribution is 9.14. The summed E-state index contributed by atoms with van der Waals surface area (Å²) in [7, 11) is 1.31. The first kappa shape index (κ1) is 18.1. The summed E-state index contributed by atoms with van der Waals surface area (Å²) in [6, 6.07) is 0. The van der Waals surface area contributed by atoms with Gasteiger partial charge in [0, 0.05) is 0 Å². The van der Waals surface area contributed by atoms with E-state index >= 15 is 0 Å². The van der Waals surface area contributed by atoms with Crippen molar-refractivity contribution in [2.24, 2.45) is 5.92 Å². The fourth-order valence-corrected chi connectivity index (χ4v) is 4.43. The van der Waals surface area contributed by atoms with Crippen LogP contribution in [0.5, 0.6) is 0 Å². The minimum Gasteiger partial charge on any atom is -0.467 e. The number of carbonyl (C=O) groups excluding carboxylic acids is 2. The van der Waals surface area contributed by atoms with Crippen molar-refractivity contribution in [3.8, 4) is 0 Å². The third kappa shape index (κ3) is 3.45. The summed E-state index contributed by atoms with van der Waals surface area (Å²) >= 11 is 11.4. The van der Waals surface area contributed by atoms with Crippen molar-refractivity contribution in [1.29, 1.82) is 0 Å². The molecule has 1 heterocycles. The molecule has 4 nitrogen and oxygen atoms in total. The topological polar surface area (TPSA) is 55.4 Å². The zero-order valence-corrected chi connectivity index (χ0v) is 16.9. The van der Waals surface area contributed by atoms with Gasteiger partial charge < -0.3 is 10.1 Å². The van der Waals surface area contributed by atoms with Crippen LogP contribution in [-0.2, 0) is 9.53 Å². The number of hydrogen-bond acceptors (Lipinski definition) is 4. The minimum absolute atomic E-state index is 0.107. The van der Waals surface area contributed by atoms with E-state index in [9.17, 15) is 9.59 Å². The summed E-state index contributed by atoms with van der Waals surface area (Å²) in [6.45, 7) is 5.37. The summed E-state index contributed by atoms with van der Waals surface area (Å²) in [4.78, 5) is 24.8. The molecule has 1 rings (SSSR count). The largest absolute Gasteiger partial charge is 0.467 e. The second-order valence-corrected chi connectivity index (χ2v) is 8.56. The van der Waals surface area contributed by atoms with E-state index in [4.69, 9.17) is 4.74 Å². The standard InChI is InChI=1S/C12H14Br3NO3S/c1-5(2)12(3,11(18)19-4)16-10(17)8-6(13)7(14)9(15)20-8/h5H,1-4H3,(H,16,17). The third-order valence-electron chi connectivity index (χ3n) is 3.10. The van der Waals surface area contributed by atoms with Crippen LogP contribution in [0.1, 0.15) is 30.4 Å². The highest BCUT2D eigenvalue weighted by atomic mass is 79.9. The van der Waals surface area contributed by atoms with Gasteiger partial charge in [-0.2, -0.15) is 0 Å². The van der Waals surface area contributed by atoms with Crippen molar-refractivity contribution in [2.45, 2.75) is 26.3 Å². The first-order valence-corrected chi connectivity index (χ1v) is 8.88. The highest BCUT2D eigenvalue weighted by Gasteiger charge is 2.40. The van der Waals surface area contributed by atoms with E-state index in [1.165, 1.54) is 18.4 Å². The first-order chi connectivity index (χ1) is 9.15. The van der Waals surface area contributed by atoms with Crippen molar-refractivity contribution in [3.05, 3.63) is 17.6 Å². The number of hydrogen-bond donors (Lipinski definition) is 1. The average Bonchev–Trinajstić information content (AvgIpc) is 2.65. The Bertz CT molecular complexity index is 544. The second kappa shape index (κ2) is 6.89. The highest BCUT2D eigenvalue weighted by Crippen LogP contribution is 2.41. The molecule has 1 amide bonds. The van der Waals surface area contributed by atoms with E-state index in [0.29, 0.717) is 9.35 Å². The van der Waals surface area contributed by atoms with Gasteiger partial charge in [0.2, 0.25) is 0 Å². The molecule has 1 aromatic heterocycles. The Morgan fingerprint density at radius 2 is 1.80 bits per heavy atom. The van der Waals surface area contributed by atoms with E-state index < -0.39 is 11.5 Å². The van der Waals surface area contributed by atoms with Crippen LogP contribution in [0.15, 0.2) is 12.7 Å². The maximum Gasteiger partial charge on any atom is 0.331 e. The van der Waals surface area contributed by atoms with E-state index in [-0.39, 0.29) is 11.8 Å². The van der Waals surface area contributed by atoms with Gasteiger partial charge in [0.05, 0.1) is 19.8 Å². The van der Waals surface area contributed by atoms with Crippen molar-refractivity contribution in [3.63, 3.8) is 0 Å². The first-order valence-electron chi connectivity index (χ1n) is 5.69. The lowest BCUT2D eigenvalue weighted by Gasteiger charge is -2.31. The molecular weight excluding hydrogens is 478 g/mol. The zero-order valence-electron chi connectivity index (χ0n) is 11.3. The molecule has 0 radical (unpaired) electrons. The number of nitrogens with one attached hydrogen (secondary N) is 1. The minimum atomic E-state index is -1.08. The van der Waals surface area contributed by atoms with E-state index in [2.05, 4.69) is 53.1 Å². The predicted octanol–water partition coefficient (Wildman–Crippen LogP) is 4.35. The number of methoxy groups -OCH3 is 1. The van der Waals surface area contributed by atoms with Crippen LogP contribution in [-0.4, -0.2) is 24.5 Å². The molecule has 112 valence electrons. The summed E-state index contributed by atoms with van der Waals surface area (Å²) in [5.41, 5.74) is -1.08. The molecule has 1 aromatic rings. The number of ether oxygens (including phenoxy) is 1. The Balaban J connectivity index is 3.09. The lowest BCUT2D eigenvalue weighted by molar-refractivity contribution is -0.149. The molecule has 0 aliphatic rings. The van der Waals surface area contributed by atoms with Crippen LogP contribution < -0.4 is 5.32 Å². The molecule has 1 unspecified atom stereocenters. The Morgan fingerprint density at radius 3 is 2.15 bits per heavy atom. The monoisotopic (exact) mass is 489 g/mol. The van der Waals surface area contributed by atoms with Crippen LogP contribution in [0.4, 0.5) is 0 Å². The number of amides is 1. The van der Waals surface area contributed by atoms with Crippen LogP contribution in [0, 0.1) is 5.92 Å². The smallest absolute Gasteiger partial charge is 0.331 e. The molecule has 0 spiro atoms. The molecule has 0 aliphatic carbocycles. The Kier molecular flexibility index (Phi) is 6.25. The lowest BCUT2D eigenvalue weighted by Crippen LogP contribution is -2.56. The summed E-state index contributed by atoms with van der Waals surface area (Å²) in [6.07, 6.45) is 0. The molecule has 1 N–H and O–H groups in total. The van der Waals surface area contributed by atoms with Gasteiger partial charge in [-0.15, -0.1) is 11.3 Å². The van der Waals surface area contributed by atoms with Crippen molar-refractivity contribution in [2.75, 3.05) is 7.11 Å². The van der Waals surface area contributed by atoms with E-state index in [0.717, 1.165) is 8.26 Å². The molecule has 0 fully saturated rings. The molecule has 0 saturated heterocycles. The maximum absolute atomic E-state index is 12.4. The summed E-state index contributed by atoms with van der Waals surface area (Å²) < 4.78 is 7.03. The second-order valence-electron chi connectivity index (χ2n) is 4.64. The number of halogens is 3. The molecular formula is C12H14Br3NO3S. The van der Waals surface area contributed by atoms with Gasteiger partial charge >= 0.3 is 5.97 Å². The molecule has 0 aliphatic heterocycles. The van der Waals surface area contributed by atoms with Crippen molar-refractivity contribution in [1.82, 2.24) is 5.32 Å². The average molecular weight is 492 g/mol. The Morgan fingerprint density at radius 1 is 1.25 bits per heavy atom. The Hall–Kier alpha value is 0.0800. The van der Waals surface area contributed by atoms with Crippen LogP contribution in [0.3, 0.4) is 0 Å². The molecule has 8 heteroatoms. The van der Waals surface area contributed by atoms with Gasteiger partial charge in [-0.1, -0.05) is 13.8 Å². The molecule has 1 atom stereocenters. The number of esters is 1. The number of carbonyl (C=O) groups is 2. The molecule has 0 saturated carbocycles. The third-order valence-corrected chi connectivity index (χ3v) is 8.13. The fourth-order valence-electron chi connectivity index (χ4n) is 1.45. The van der Waals surface area contributed by atoms with Gasteiger partial charge in [-0.05, 0) is 60.6 Å². The van der Waals surface area contributed by atoms with Crippen LogP contribution >= 0.6 is 59.1 Å². The molecule has 20 heavy (non-hydrogen) atoms. The fraction of sp³-hybridized carbons (Fsp3) is 0.500. The quantitative estimate of drug-likeness (QED) is 0.637. The van der Waals surface area contributed by atoms with E-state index in [1.54, 1.807) is 6.92 Å². The summed E-state index contributed by atoms with van der Waals surface area (Å²) in [5.74, 6) is -0.897. The zero-order chi connectivity index (χ0) is 15.7. The van der Waals surface area contributed by atoms with Crippen molar-refractivity contribution < 1.29 is 14.3 Å². The molecule has 0 aromatic carbocycles. The summed E-state index contributed by atoms with van der Waals surface area (Å²) in [5, 5.41) is 2.77. The Labute approximate surface area is 147 Å². The van der Waals surface area contributed by atoms with Gasteiger partial charge in [0.1, 0.15) is 10.4 Å². The maximum atomic E-state index is 12.4. The lowest BCUT2D eigenvalue weighted by atomic mass is 9.88. The van der Waals surface area contributed by atoms with Gasteiger partial charge in [-0.25, -0.2) is 4.79 Å². The van der Waals surface area contributed by atoms with Crippen molar-refractivity contribution >= 4 is 71.0 Å². The van der Waals surface area contributed by atoms with Crippen LogP contribution in [0.25, 0.3) is 0 Å². The van der Waals surface area contributed by atoms with Gasteiger partial charge in [0.15, 0.2) is 0 Å². The molecule has 0 bridgehead atoms. The SMILES string of the molecule is COC(=O)C(C)(NC(=O)c1sc(Br)c(Br)c1Br)C(C)C. The van der Waals surface area contributed by atoms with E-state index in [1.807, 2.05) is 13.8 Å².